The van der Waals surface area contributed by atoms with Crippen LogP contribution in [-0.2, 0) is 0 Å². The van der Waals surface area contributed by atoms with Gasteiger partial charge in [0.05, 0.1) is 19.9 Å². The molecule has 1 aromatic heterocycles. The van der Waals surface area contributed by atoms with E-state index in [9.17, 15) is 0 Å². The van der Waals surface area contributed by atoms with E-state index in [1.54, 1.807) is 14.2 Å². The van der Waals surface area contributed by atoms with E-state index in [1.807, 2.05) is 30.3 Å². The molecule has 0 aliphatic heterocycles. The molecule has 26 heavy (non-hydrogen) atoms. The Kier molecular flexibility index (Phi) is 4.36. The first-order valence-corrected chi connectivity index (χ1v) is 9.32. The van der Waals surface area contributed by atoms with Gasteiger partial charge >= 0.3 is 0 Å². The zero-order chi connectivity index (χ0) is 18.3. The second kappa shape index (κ2) is 6.68. The largest absolute Gasteiger partial charge is 0.493 e. The van der Waals surface area contributed by atoms with E-state index in [0.29, 0.717) is 0 Å². The van der Waals surface area contributed by atoms with Crippen molar-refractivity contribution in [1.82, 2.24) is 10.2 Å². The van der Waals surface area contributed by atoms with Crippen molar-refractivity contribution in [3.05, 3.63) is 52.0 Å². The van der Waals surface area contributed by atoms with Gasteiger partial charge < -0.3 is 14.8 Å². The molecule has 4 rings (SSSR count). The van der Waals surface area contributed by atoms with Gasteiger partial charge in [0.2, 0.25) is 0 Å². The summed E-state index contributed by atoms with van der Waals surface area (Å²) in [5.41, 5.74) is 5.60. The van der Waals surface area contributed by atoms with Gasteiger partial charge in [0, 0.05) is 27.2 Å². The summed E-state index contributed by atoms with van der Waals surface area (Å²) in [5, 5.41) is 11.2. The molecule has 0 fully saturated rings. The normalized spacial score (nSPS) is 14.7. The average molecular weight is 414 g/mol. The maximum absolute atomic E-state index is 5.50. The van der Waals surface area contributed by atoms with Gasteiger partial charge in [-0.25, -0.2) is 0 Å². The molecule has 0 amide bonds. The minimum Gasteiger partial charge on any atom is -0.493 e. The van der Waals surface area contributed by atoms with Crippen molar-refractivity contribution < 1.29 is 9.47 Å². The number of aromatic nitrogens is 2. The molecule has 1 heterocycles. The Balaban J connectivity index is 1.80. The number of aromatic amines is 1. The summed E-state index contributed by atoms with van der Waals surface area (Å²) in [6, 6.07) is 12.2. The molecule has 0 bridgehead atoms. The summed E-state index contributed by atoms with van der Waals surface area (Å²) in [7, 11) is 3.33. The fourth-order valence-electron chi connectivity index (χ4n) is 3.67. The zero-order valence-electron chi connectivity index (χ0n) is 14.9. The first kappa shape index (κ1) is 17.0. The SMILES string of the molecule is CC[C@H]1c2cc(OC)c(OC)cc2-c2[nH]nc(Nc3cccc(Br)c3)c21. The van der Waals surface area contributed by atoms with E-state index in [-0.39, 0.29) is 5.92 Å². The molecule has 1 atom stereocenters. The quantitative estimate of drug-likeness (QED) is 0.583. The van der Waals surface area contributed by atoms with E-state index in [4.69, 9.17) is 9.47 Å². The van der Waals surface area contributed by atoms with Crippen molar-refractivity contribution in [2.75, 3.05) is 19.5 Å². The highest BCUT2D eigenvalue weighted by Gasteiger charge is 2.34. The summed E-state index contributed by atoms with van der Waals surface area (Å²) in [6.07, 6.45) is 0.974. The molecule has 0 radical (unpaired) electrons. The Morgan fingerprint density at radius 3 is 2.62 bits per heavy atom. The van der Waals surface area contributed by atoms with E-state index in [2.05, 4.69) is 44.4 Å². The predicted octanol–water partition coefficient (Wildman–Crippen LogP) is 5.46. The Hall–Kier alpha value is -2.47. The van der Waals surface area contributed by atoms with Crippen LogP contribution in [0.5, 0.6) is 11.5 Å². The lowest BCUT2D eigenvalue weighted by atomic mass is 9.94. The van der Waals surface area contributed by atoms with Crippen LogP contribution in [0.4, 0.5) is 11.5 Å². The molecular formula is C20H20BrN3O2. The molecule has 1 aliphatic carbocycles. The Morgan fingerprint density at radius 1 is 1.15 bits per heavy atom. The van der Waals surface area contributed by atoms with Gasteiger partial charge in [-0.2, -0.15) is 5.10 Å². The number of anilines is 2. The number of hydrogen-bond donors (Lipinski definition) is 2. The molecule has 5 nitrogen and oxygen atoms in total. The first-order chi connectivity index (χ1) is 12.7. The van der Waals surface area contributed by atoms with Crippen molar-refractivity contribution in [3.8, 4) is 22.8 Å². The van der Waals surface area contributed by atoms with Gasteiger partial charge in [-0.3, -0.25) is 5.10 Å². The molecule has 134 valence electrons. The fraction of sp³-hybridized carbons (Fsp3) is 0.250. The minimum atomic E-state index is 0.258. The van der Waals surface area contributed by atoms with Crippen LogP contribution in [0.25, 0.3) is 11.3 Å². The molecule has 1 aliphatic rings. The minimum absolute atomic E-state index is 0.258. The summed E-state index contributed by atoms with van der Waals surface area (Å²) >= 11 is 3.51. The number of rotatable bonds is 5. The maximum atomic E-state index is 5.50. The van der Waals surface area contributed by atoms with Crippen molar-refractivity contribution in [2.45, 2.75) is 19.3 Å². The molecule has 0 saturated carbocycles. The highest BCUT2D eigenvalue weighted by Crippen LogP contribution is 2.51. The van der Waals surface area contributed by atoms with Crippen LogP contribution in [0.15, 0.2) is 40.9 Å². The lowest BCUT2D eigenvalue weighted by molar-refractivity contribution is 0.354. The fourth-order valence-corrected chi connectivity index (χ4v) is 4.07. The number of benzene rings is 2. The van der Waals surface area contributed by atoms with Crippen molar-refractivity contribution >= 4 is 27.4 Å². The highest BCUT2D eigenvalue weighted by atomic mass is 79.9. The van der Waals surface area contributed by atoms with Crippen LogP contribution in [0.3, 0.4) is 0 Å². The standard InChI is InChI=1S/C20H20BrN3O2/c1-4-13-14-9-16(25-2)17(26-3)10-15(14)19-18(13)20(24-23-19)22-12-7-5-6-11(21)8-12/h5-10,13H,4H2,1-3H3,(H2,22,23,24)/t13-/m0/s1. The van der Waals surface area contributed by atoms with E-state index >= 15 is 0 Å². The van der Waals surface area contributed by atoms with Crippen LogP contribution >= 0.6 is 15.9 Å². The van der Waals surface area contributed by atoms with Gasteiger partial charge in [0.15, 0.2) is 17.3 Å². The van der Waals surface area contributed by atoms with E-state index < -0.39 is 0 Å². The molecule has 6 heteroatoms. The van der Waals surface area contributed by atoms with Crippen LogP contribution < -0.4 is 14.8 Å². The number of methoxy groups -OCH3 is 2. The average Bonchev–Trinajstić information content (AvgIpc) is 3.18. The van der Waals surface area contributed by atoms with E-state index in [0.717, 1.165) is 45.2 Å². The second-order valence-electron chi connectivity index (χ2n) is 6.25. The lowest BCUT2D eigenvalue weighted by Crippen LogP contribution is -2.01. The molecule has 2 N–H and O–H groups in total. The van der Waals surface area contributed by atoms with Crippen molar-refractivity contribution in [3.63, 3.8) is 0 Å². The van der Waals surface area contributed by atoms with Crippen molar-refractivity contribution in [2.24, 2.45) is 0 Å². The monoisotopic (exact) mass is 413 g/mol. The number of H-pyrrole nitrogens is 1. The first-order valence-electron chi connectivity index (χ1n) is 8.53. The molecular weight excluding hydrogens is 394 g/mol. The number of halogens is 1. The molecule has 0 spiro atoms. The third kappa shape index (κ3) is 2.65. The Bertz CT molecular complexity index is 968. The Labute approximate surface area is 160 Å². The number of ether oxygens (including phenoxy) is 2. The molecule has 3 aromatic rings. The molecule has 0 saturated heterocycles. The lowest BCUT2D eigenvalue weighted by Gasteiger charge is -2.15. The third-order valence-corrected chi connectivity index (χ3v) is 5.34. The van der Waals surface area contributed by atoms with Crippen LogP contribution in [0.2, 0.25) is 0 Å². The van der Waals surface area contributed by atoms with Crippen LogP contribution in [-0.4, -0.2) is 24.4 Å². The maximum Gasteiger partial charge on any atom is 0.161 e. The summed E-state index contributed by atoms with van der Waals surface area (Å²) in [5.74, 6) is 2.60. The smallest absolute Gasteiger partial charge is 0.161 e. The number of fused-ring (bicyclic) bond motifs is 3. The topological polar surface area (TPSA) is 59.2 Å². The number of nitrogens with one attached hydrogen (secondary N) is 2. The number of nitrogens with zero attached hydrogens (tertiary/aromatic N) is 1. The van der Waals surface area contributed by atoms with Gasteiger partial charge in [-0.15, -0.1) is 0 Å². The zero-order valence-corrected chi connectivity index (χ0v) is 16.5. The van der Waals surface area contributed by atoms with E-state index in [1.165, 1.54) is 11.1 Å². The van der Waals surface area contributed by atoms with Gasteiger partial charge in [-0.1, -0.05) is 28.9 Å². The second-order valence-corrected chi connectivity index (χ2v) is 7.17. The molecule has 2 aromatic carbocycles. The highest BCUT2D eigenvalue weighted by molar-refractivity contribution is 9.10. The summed E-state index contributed by atoms with van der Waals surface area (Å²) in [4.78, 5) is 0. The van der Waals surface area contributed by atoms with Gasteiger partial charge in [-0.05, 0) is 42.3 Å². The predicted molar refractivity (Wildman–Crippen MR) is 107 cm³/mol. The van der Waals surface area contributed by atoms with Gasteiger partial charge in [0.25, 0.3) is 0 Å². The summed E-state index contributed by atoms with van der Waals surface area (Å²) < 4.78 is 12.0. The van der Waals surface area contributed by atoms with Crippen LogP contribution in [0.1, 0.15) is 30.4 Å². The summed E-state index contributed by atoms with van der Waals surface area (Å²) in [6.45, 7) is 2.19. The Morgan fingerprint density at radius 2 is 1.92 bits per heavy atom. The van der Waals surface area contributed by atoms with Crippen molar-refractivity contribution in [1.29, 1.82) is 0 Å². The molecule has 0 unspecified atom stereocenters. The van der Waals surface area contributed by atoms with Gasteiger partial charge in [0.1, 0.15) is 0 Å². The number of hydrogen-bond acceptors (Lipinski definition) is 4. The van der Waals surface area contributed by atoms with Crippen LogP contribution in [0, 0.1) is 0 Å². The third-order valence-electron chi connectivity index (χ3n) is 4.85.